The molecule has 0 bridgehead atoms. The first-order chi connectivity index (χ1) is 11.6. The van der Waals surface area contributed by atoms with Crippen LogP contribution in [-0.2, 0) is 14.3 Å². The van der Waals surface area contributed by atoms with Gasteiger partial charge in [-0.1, -0.05) is 18.2 Å². The van der Waals surface area contributed by atoms with Crippen LogP contribution in [0.2, 0.25) is 0 Å². The van der Waals surface area contributed by atoms with Crippen molar-refractivity contribution in [2.45, 2.75) is 26.1 Å². The SMILES string of the molecule is CC1CN(CCNC(=O)COCCOc2ccccc2)CC(C)O1. The molecular formula is C18H28N2O4. The van der Waals surface area contributed by atoms with Crippen molar-refractivity contribution in [3.63, 3.8) is 0 Å². The van der Waals surface area contributed by atoms with E-state index in [1.54, 1.807) is 0 Å². The molecule has 1 heterocycles. The van der Waals surface area contributed by atoms with E-state index in [0.29, 0.717) is 19.8 Å². The molecule has 24 heavy (non-hydrogen) atoms. The van der Waals surface area contributed by atoms with Gasteiger partial charge in [-0.05, 0) is 26.0 Å². The molecule has 6 heteroatoms. The van der Waals surface area contributed by atoms with Crippen LogP contribution in [0.1, 0.15) is 13.8 Å². The van der Waals surface area contributed by atoms with Crippen molar-refractivity contribution in [2.24, 2.45) is 0 Å². The molecule has 0 saturated carbocycles. The first-order valence-corrected chi connectivity index (χ1v) is 8.53. The van der Waals surface area contributed by atoms with Gasteiger partial charge in [0.05, 0.1) is 18.8 Å². The third kappa shape index (κ3) is 7.29. The molecule has 1 aliphatic heterocycles. The van der Waals surface area contributed by atoms with Crippen LogP contribution in [0.5, 0.6) is 5.75 Å². The molecule has 1 N–H and O–H groups in total. The minimum Gasteiger partial charge on any atom is -0.491 e. The Hall–Kier alpha value is -1.63. The van der Waals surface area contributed by atoms with Gasteiger partial charge in [0.25, 0.3) is 0 Å². The number of nitrogens with one attached hydrogen (secondary N) is 1. The maximum Gasteiger partial charge on any atom is 0.246 e. The van der Waals surface area contributed by atoms with E-state index >= 15 is 0 Å². The molecule has 1 aromatic rings. The fourth-order valence-electron chi connectivity index (χ4n) is 2.77. The zero-order chi connectivity index (χ0) is 17.2. The number of rotatable bonds is 9. The maximum absolute atomic E-state index is 11.7. The Bertz CT molecular complexity index is 473. The number of benzene rings is 1. The molecule has 1 saturated heterocycles. The van der Waals surface area contributed by atoms with Crippen molar-refractivity contribution in [3.05, 3.63) is 30.3 Å². The fraction of sp³-hybridized carbons (Fsp3) is 0.611. The van der Waals surface area contributed by atoms with Gasteiger partial charge in [0.1, 0.15) is 19.0 Å². The van der Waals surface area contributed by atoms with E-state index in [1.165, 1.54) is 0 Å². The summed E-state index contributed by atoms with van der Waals surface area (Å²) in [5.74, 6) is 0.712. The number of ether oxygens (including phenoxy) is 3. The smallest absolute Gasteiger partial charge is 0.246 e. The second kappa shape index (κ2) is 10.3. The number of hydrogen-bond donors (Lipinski definition) is 1. The minimum atomic E-state index is -0.0935. The van der Waals surface area contributed by atoms with Crippen LogP contribution in [0.15, 0.2) is 30.3 Å². The van der Waals surface area contributed by atoms with Crippen molar-refractivity contribution in [3.8, 4) is 5.75 Å². The first-order valence-electron chi connectivity index (χ1n) is 8.53. The normalized spacial score (nSPS) is 21.4. The second-order valence-corrected chi connectivity index (χ2v) is 6.08. The van der Waals surface area contributed by atoms with E-state index in [1.807, 2.05) is 30.3 Å². The predicted molar refractivity (Wildman–Crippen MR) is 92.2 cm³/mol. The third-order valence-corrected chi connectivity index (χ3v) is 3.72. The number of hydrogen-bond acceptors (Lipinski definition) is 5. The molecule has 6 nitrogen and oxygen atoms in total. The molecule has 0 spiro atoms. The molecule has 0 aliphatic carbocycles. The van der Waals surface area contributed by atoms with Gasteiger partial charge in [-0.2, -0.15) is 0 Å². The van der Waals surface area contributed by atoms with E-state index in [2.05, 4.69) is 24.1 Å². The molecule has 1 fully saturated rings. The monoisotopic (exact) mass is 336 g/mol. The van der Waals surface area contributed by atoms with Crippen LogP contribution in [0.3, 0.4) is 0 Å². The molecular weight excluding hydrogens is 308 g/mol. The average Bonchev–Trinajstić information content (AvgIpc) is 2.54. The number of carbonyl (C=O) groups is 1. The minimum absolute atomic E-state index is 0.0636. The van der Waals surface area contributed by atoms with Gasteiger partial charge in [-0.15, -0.1) is 0 Å². The summed E-state index contributed by atoms with van der Waals surface area (Å²) in [7, 11) is 0. The molecule has 2 rings (SSSR count). The summed E-state index contributed by atoms with van der Waals surface area (Å²) >= 11 is 0. The van der Waals surface area contributed by atoms with Gasteiger partial charge in [0, 0.05) is 26.2 Å². The van der Waals surface area contributed by atoms with Crippen LogP contribution in [0.4, 0.5) is 0 Å². The highest BCUT2D eigenvalue weighted by Gasteiger charge is 2.21. The van der Waals surface area contributed by atoms with E-state index in [9.17, 15) is 4.79 Å². The van der Waals surface area contributed by atoms with Crippen LogP contribution in [0.25, 0.3) is 0 Å². The van der Waals surface area contributed by atoms with Crippen LogP contribution in [0, 0.1) is 0 Å². The van der Waals surface area contributed by atoms with Crippen molar-refractivity contribution in [1.29, 1.82) is 0 Å². The average molecular weight is 336 g/mol. The van der Waals surface area contributed by atoms with Gasteiger partial charge < -0.3 is 19.5 Å². The Morgan fingerprint density at radius 1 is 1.21 bits per heavy atom. The van der Waals surface area contributed by atoms with Crippen LogP contribution in [-0.4, -0.2) is 69.0 Å². The number of nitrogens with zero attached hydrogens (tertiary/aromatic N) is 1. The molecule has 134 valence electrons. The Labute approximate surface area is 144 Å². The number of amides is 1. The summed E-state index contributed by atoms with van der Waals surface area (Å²) in [5, 5.41) is 2.88. The molecule has 0 aromatic heterocycles. The quantitative estimate of drug-likeness (QED) is 0.689. The molecule has 1 amide bonds. The summed E-state index contributed by atoms with van der Waals surface area (Å²) in [4.78, 5) is 14.0. The van der Waals surface area contributed by atoms with E-state index < -0.39 is 0 Å². The molecule has 2 unspecified atom stereocenters. The highest BCUT2D eigenvalue weighted by Crippen LogP contribution is 2.09. The van der Waals surface area contributed by atoms with E-state index in [0.717, 1.165) is 25.4 Å². The molecule has 1 aliphatic rings. The first kappa shape index (κ1) is 18.7. The Morgan fingerprint density at radius 3 is 2.62 bits per heavy atom. The number of carbonyl (C=O) groups excluding carboxylic acids is 1. The van der Waals surface area contributed by atoms with Gasteiger partial charge in [0.2, 0.25) is 5.91 Å². The summed E-state index contributed by atoms with van der Waals surface area (Å²) in [6.07, 6.45) is 0.495. The lowest BCUT2D eigenvalue weighted by Crippen LogP contribution is -2.48. The van der Waals surface area contributed by atoms with Gasteiger partial charge in [-0.3, -0.25) is 9.69 Å². The zero-order valence-electron chi connectivity index (χ0n) is 14.6. The van der Waals surface area contributed by atoms with E-state index in [4.69, 9.17) is 14.2 Å². The summed E-state index contributed by atoms with van der Waals surface area (Å²) in [6, 6.07) is 9.55. The van der Waals surface area contributed by atoms with Crippen LogP contribution >= 0.6 is 0 Å². The lowest BCUT2D eigenvalue weighted by Gasteiger charge is -2.35. The predicted octanol–water partition coefficient (Wildman–Crippen LogP) is 1.31. The largest absolute Gasteiger partial charge is 0.491 e. The Balaban J connectivity index is 1.48. The summed E-state index contributed by atoms with van der Waals surface area (Å²) in [5.41, 5.74) is 0. The Kier molecular flexibility index (Phi) is 8.01. The second-order valence-electron chi connectivity index (χ2n) is 6.08. The summed E-state index contributed by atoms with van der Waals surface area (Å²) < 4.78 is 16.5. The highest BCUT2D eigenvalue weighted by atomic mass is 16.5. The maximum atomic E-state index is 11.7. The molecule has 0 radical (unpaired) electrons. The number of para-hydroxylation sites is 1. The third-order valence-electron chi connectivity index (χ3n) is 3.72. The van der Waals surface area contributed by atoms with Crippen molar-refractivity contribution < 1.29 is 19.0 Å². The topological polar surface area (TPSA) is 60.0 Å². The highest BCUT2D eigenvalue weighted by molar-refractivity contribution is 5.77. The molecule has 1 aromatic carbocycles. The zero-order valence-corrected chi connectivity index (χ0v) is 14.6. The van der Waals surface area contributed by atoms with Crippen molar-refractivity contribution >= 4 is 5.91 Å². The van der Waals surface area contributed by atoms with Gasteiger partial charge >= 0.3 is 0 Å². The lowest BCUT2D eigenvalue weighted by atomic mass is 10.2. The van der Waals surface area contributed by atoms with E-state index in [-0.39, 0.29) is 24.7 Å². The lowest BCUT2D eigenvalue weighted by molar-refractivity contribution is -0.126. The van der Waals surface area contributed by atoms with Crippen molar-refractivity contribution in [1.82, 2.24) is 10.2 Å². The standard InChI is InChI=1S/C18H28N2O4/c1-15-12-20(13-16(2)24-15)9-8-19-18(21)14-22-10-11-23-17-6-4-3-5-7-17/h3-7,15-16H,8-14H2,1-2H3,(H,19,21). The Morgan fingerprint density at radius 2 is 1.92 bits per heavy atom. The fourth-order valence-corrected chi connectivity index (χ4v) is 2.77. The molecule has 2 atom stereocenters. The van der Waals surface area contributed by atoms with Gasteiger partial charge in [0.15, 0.2) is 0 Å². The summed E-state index contributed by atoms with van der Waals surface area (Å²) in [6.45, 7) is 8.32. The van der Waals surface area contributed by atoms with Gasteiger partial charge in [-0.25, -0.2) is 0 Å². The van der Waals surface area contributed by atoms with Crippen LogP contribution < -0.4 is 10.1 Å². The number of morpholine rings is 1. The van der Waals surface area contributed by atoms with Crippen molar-refractivity contribution in [2.75, 3.05) is 46.0 Å².